The number of rotatable bonds is 5. The fourth-order valence-electron chi connectivity index (χ4n) is 2.14. The number of hydrogen-bond acceptors (Lipinski definition) is 5. The van der Waals surface area contributed by atoms with Crippen molar-refractivity contribution in [3.8, 4) is 5.75 Å². The van der Waals surface area contributed by atoms with Crippen LogP contribution in [0.15, 0.2) is 41.5 Å². The van der Waals surface area contributed by atoms with Gasteiger partial charge < -0.3 is 9.47 Å². The number of carbonyl (C=O) groups excluding carboxylic acids is 2. The molecular formula is C18H16F2N2O4. The Balaban J connectivity index is 2.26. The molecule has 26 heavy (non-hydrogen) atoms. The molecule has 0 N–H and O–H groups in total. The summed E-state index contributed by atoms with van der Waals surface area (Å²) in [7, 11) is 3.86. The van der Waals surface area contributed by atoms with E-state index < -0.39 is 29.1 Å². The van der Waals surface area contributed by atoms with Crippen molar-refractivity contribution in [1.82, 2.24) is 5.01 Å². The molecule has 0 atom stereocenters. The Morgan fingerprint density at radius 3 is 2.31 bits per heavy atom. The van der Waals surface area contributed by atoms with Crippen molar-refractivity contribution in [2.24, 2.45) is 5.10 Å². The minimum atomic E-state index is -1.01. The van der Waals surface area contributed by atoms with Gasteiger partial charge in [-0.05, 0) is 24.3 Å². The fourth-order valence-corrected chi connectivity index (χ4v) is 2.14. The van der Waals surface area contributed by atoms with Crippen molar-refractivity contribution in [1.29, 1.82) is 0 Å². The number of benzene rings is 2. The molecule has 0 aliphatic heterocycles. The highest BCUT2D eigenvalue weighted by atomic mass is 19.1. The third-order valence-electron chi connectivity index (χ3n) is 3.49. The van der Waals surface area contributed by atoms with Gasteiger partial charge >= 0.3 is 5.97 Å². The quantitative estimate of drug-likeness (QED) is 0.466. The summed E-state index contributed by atoms with van der Waals surface area (Å²) in [5.74, 6) is -3.06. The van der Waals surface area contributed by atoms with Crippen molar-refractivity contribution < 1.29 is 27.8 Å². The van der Waals surface area contributed by atoms with Crippen LogP contribution < -0.4 is 4.74 Å². The first kappa shape index (κ1) is 19.0. The Bertz CT molecular complexity index is 845. The largest absolute Gasteiger partial charge is 0.496 e. The second kappa shape index (κ2) is 8.19. The molecule has 2 aromatic rings. The number of methoxy groups -OCH3 is 2. The zero-order chi connectivity index (χ0) is 19.3. The van der Waals surface area contributed by atoms with Gasteiger partial charge in [0.15, 0.2) is 0 Å². The number of ether oxygens (including phenoxy) is 2. The van der Waals surface area contributed by atoms with Crippen LogP contribution in [0.25, 0.3) is 0 Å². The molecule has 0 unspecified atom stereocenters. The average molecular weight is 362 g/mol. The van der Waals surface area contributed by atoms with E-state index in [0.717, 1.165) is 30.5 Å². The van der Waals surface area contributed by atoms with Gasteiger partial charge in [-0.1, -0.05) is 12.1 Å². The minimum Gasteiger partial charge on any atom is -0.496 e. The summed E-state index contributed by atoms with van der Waals surface area (Å²) < 4.78 is 37.6. The highest BCUT2D eigenvalue weighted by molar-refractivity contribution is 5.97. The number of amides is 1. The zero-order valence-electron chi connectivity index (χ0n) is 14.3. The van der Waals surface area contributed by atoms with Crippen LogP contribution >= 0.6 is 0 Å². The van der Waals surface area contributed by atoms with Gasteiger partial charge in [0, 0.05) is 7.05 Å². The van der Waals surface area contributed by atoms with Crippen LogP contribution in [0.2, 0.25) is 0 Å². The Hall–Kier alpha value is -3.29. The Labute approximate surface area is 148 Å². The Morgan fingerprint density at radius 2 is 1.73 bits per heavy atom. The number of nitrogens with zero attached hydrogens (tertiary/aromatic N) is 2. The van der Waals surface area contributed by atoms with E-state index in [1.165, 1.54) is 14.2 Å². The molecule has 0 aromatic heterocycles. The van der Waals surface area contributed by atoms with Crippen LogP contribution in [0.4, 0.5) is 8.78 Å². The fraction of sp³-hybridized carbons (Fsp3) is 0.167. The molecule has 0 fully saturated rings. The maximum atomic E-state index is 14.0. The van der Waals surface area contributed by atoms with Crippen molar-refractivity contribution in [3.63, 3.8) is 0 Å². The SMILES string of the molecule is COC(=O)c1cc(F)c(/C=N/N(C)C(=O)c2ccccc2OC)c(F)c1. The third-order valence-corrected chi connectivity index (χ3v) is 3.49. The highest BCUT2D eigenvalue weighted by Crippen LogP contribution is 2.19. The molecule has 0 bridgehead atoms. The first-order valence-corrected chi connectivity index (χ1v) is 7.41. The van der Waals surface area contributed by atoms with Gasteiger partial charge in [-0.2, -0.15) is 5.10 Å². The predicted molar refractivity (Wildman–Crippen MR) is 90.4 cm³/mol. The van der Waals surface area contributed by atoms with Gasteiger partial charge in [0.05, 0.1) is 37.1 Å². The summed E-state index contributed by atoms with van der Waals surface area (Å²) in [5, 5.41) is 4.69. The molecule has 0 aliphatic rings. The van der Waals surface area contributed by atoms with E-state index in [0.29, 0.717) is 5.75 Å². The van der Waals surface area contributed by atoms with E-state index in [2.05, 4.69) is 9.84 Å². The van der Waals surface area contributed by atoms with E-state index in [4.69, 9.17) is 4.74 Å². The lowest BCUT2D eigenvalue weighted by Gasteiger charge is -2.13. The van der Waals surface area contributed by atoms with Gasteiger partial charge in [0.1, 0.15) is 17.4 Å². The Kier molecular flexibility index (Phi) is 6.00. The van der Waals surface area contributed by atoms with Crippen LogP contribution in [0, 0.1) is 11.6 Å². The normalized spacial score (nSPS) is 10.7. The maximum absolute atomic E-state index is 14.0. The first-order chi connectivity index (χ1) is 12.4. The lowest BCUT2D eigenvalue weighted by atomic mass is 10.1. The molecule has 6 nitrogen and oxygen atoms in total. The molecule has 0 saturated heterocycles. The molecule has 2 rings (SSSR count). The van der Waals surface area contributed by atoms with E-state index in [1.807, 2.05) is 0 Å². The Morgan fingerprint density at radius 1 is 1.12 bits per heavy atom. The standard InChI is InChI=1S/C18H16F2N2O4/c1-22(17(23)12-6-4-5-7-16(12)25-2)21-10-13-14(19)8-11(9-15(13)20)18(24)26-3/h4-10H,1-3H3/b21-10+. The number of hydrazone groups is 1. The summed E-state index contributed by atoms with van der Waals surface area (Å²) in [6.45, 7) is 0. The van der Waals surface area contributed by atoms with Gasteiger partial charge in [-0.25, -0.2) is 18.6 Å². The average Bonchev–Trinajstić information content (AvgIpc) is 2.65. The summed E-state index contributed by atoms with van der Waals surface area (Å²) in [5.41, 5.74) is -0.507. The minimum absolute atomic E-state index is 0.247. The van der Waals surface area contributed by atoms with E-state index in [-0.39, 0.29) is 11.1 Å². The van der Waals surface area contributed by atoms with Crippen LogP contribution in [-0.4, -0.2) is 44.4 Å². The first-order valence-electron chi connectivity index (χ1n) is 7.41. The monoisotopic (exact) mass is 362 g/mol. The molecule has 0 radical (unpaired) electrons. The van der Waals surface area contributed by atoms with Crippen LogP contribution in [0.3, 0.4) is 0 Å². The number of halogens is 2. The zero-order valence-corrected chi connectivity index (χ0v) is 14.3. The number of para-hydroxylation sites is 1. The molecule has 8 heteroatoms. The molecule has 0 heterocycles. The van der Waals surface area contributed by atoms with Crippen molar-refractivity contribution in [2.45, 2.75) is 0 Å². The summed E-state index contributed by atoms with van der Waals surface area (Å²) in [6.07, 6.45) is 0.860. The maximum Gasteiger partial charge on any atom is 0.338 e. The molecule has 2 aromatic carbocycles. The molecule has 0 spiro atoms. The molecule has 0 aliphatic carbocycles. The lowest BCUT2D eigenvalue weighted by Crippen LogP contribution is -2.22. The molecule has 136 valence electrons. The van der Waals surface area contributed by atoms with Gasteiger partial charge in [-0.3, -0.25) is 4.79 Å². The number of hydrogen-bond donors (Lipinski definition) is 0. The second-order valence-electron chi connectivity index (χ2n) is 5.12. The van der Waals surface area contributed by atoms with E-state index in [9.17, 15) is 18.4 Å². The third kappa shape index (κ3) is 4.02. The summed E-state index contributed by atoms with van der Waals surface area (Å²) in [4.78, 5) is 23.7. The number of carbonyl (C=O) groups is 2. The second-order valence-corrected chi connectivity index (χ2v) is 5.12. The lowest BCUT2D eigenvalue weighted by molar-refractivity contribution is 0.0599. The molecule has 1 amide bonds. The van der Waals surface area contributed by atoms with Gasteiger partial charge in [0.2, 0.25) is 0 Å². The molecule has 0 saturated carbocycles. The van der Waals surface area contributed by atoms with Crippen molar-refractivity contribution in [2.75, 3.05) is 21.3 Å². The van der Waals surface area contributed by atoms with E-state index >= 15 is 0 Å². The van der Waals surface area contributed by atoms with Crippen molar-refractivity contribution >= 4 is 18.1 Å². The van der Waals surface area contributed by atoms with Crippen molar-refractivity contribution in [3.05, 3.63) is 64.7 Å². The van der Waals surface area contributed by atoms with Crippen LogP contribution in [-0.2, 0) is 4.74 Å². The van der Waals surface area contributed by atoms with Crippen LogP contribution in [0.1, 0.15) is 26.3 Å². The topological polar surface area (TPSA) is 68.2 Å². The van der Waals surface area contributed by atoms with E-state index in [1.54, 1.807) is 24.3 Å². The highest BCUT2D eigenvalue weighted by Gasteiger charge is 2.17. The summed E-state index contributed by atoms with van der Waals surface area (Å²) >= 11 is 0. The molecular weight excluding hydrogens is 346 g/mol. The smallest absolute Gasteiger partial charge is 0.338 e. The van der Waals surface area contributed by atoms with Gasteiger partial charge in [0.25, 0.3) is 5.91 Å². The van der Waals surface area contributed by atoms with Crippen LogP contribution in [0.5, 0.6) is 5.75 Å². The van der Waals surface area contributed by atoms with Gasteiger partial charge in [-0.15, -0.1) is 0 Å². The number of esters is 1. The summed E-state index contributed by atoms with van der Waals surface area (Å²) in [6, 6.07) is 8.16. The predicted octanol–water partition coefficient (Wildman–Crippen LogP) is 2.87.